The molecule has 4 rings (SSSR count). The van der Waals surface area contributed by atoms with E-state index in [0.717, 1.165) is 31.3 Å². The average Bonchev–Trinajstić information content (AvgIpc) is 3.30. The minimum Gasteiger partial charge on any atom is -0.478 e. The molecular formula is C25H24FN3O5S. The van der Waals surface area contributed by atoms with Gasteiger partial charge in [0.1, 0.15) is 11.4 Å². The van der Waals surface area contributed by atoms with Crippen LogP contribution in [0, 0.1) is 5.82 Å². The lowest BCUT2D eigenvalue weighted by molar-refractivity contribution is 0.0700. The molecule has 0 fully saturated rings. The molecule has 0 saturated heterocycles. The summed E-state index contributed by atoms with van der Waals surface area (Å²) in [6.07, 6.45) is 6.17. The zero-order valence-electron chi connectivity index (χ0n) is 19.2. The van der Waals surface area contributed by atoms with Crippen molar-refractivity contribution in [1.82, 2.24) is 9.88 Å². The lowest BCUT2D eigenvalue weighted by Crippen LogP contribution is -2.22. The molecule has 2 heterocycles. The van der Waals surface area contributed by atoms with Crippen molar-refractivity contribution < 1.29 is 27.1 Å². The summed E-state index contributed by atoms with van der Waals surface area (Å²) in [6, 6.07) is 7.97. The van der Waals surface area contributed by atoms with Crippen molar-refractivity contribution in [2.75, 3.05) is 24.4 Å². The first-order chi connectivity index (χ1) is 16.7. The van der Waals surface area contributed by atoms with Crippen LogP contribution in [0.25, 0.3) is 27.9 Å². The summed E-state index contributed by atoms with van der Waals surface area (Å²) in [5, 5.41) is 11.1. The number of nitrogens with one attached hydrogen (secondary N) is 1. The number of hydrogen-bond acceptors (Lipinski definition) is 6. The zero-order valence-corrected chi connectivity index (χ0v) is 20.0. The van der Waals surface area contributed by atoms with Crippen molar-refractivity contribution in [3.63, 3.8) is 0 Å². The van der Waals surface area contributed by atoms with E-state index in [0.29, 0.717) is 22.9 Å². The highest BCUT2D eigenvalue weighted by Gasteiger charge is 2.24. The number of halogens is 1. The molecule has 0 unspecified atom stereocenters. The van der Waals surface area contributed by atoms with Gasteiger partial charge in [0.15, 0.2) is 5.58 Å². The Bertz CT molecular complexity index is 1540. The van der Waals surface area contributed by atoms with Gasteiger partial charge in [-0.1, -0.05) is 26.0 Å². The summed E-state index contributed by atoms with van der Waals surface area (Å²) in [5.74, 6) is -1.93. The van der Waals surface area contributed by atoms with Crippen LogP contribution in [-0.2, 0) is 10.0 Å². The molecule has 8 nitrogen and oxygen atoms in total. The summed E-state index contributed by atoms with van der Waals surface area (Å²) in [6.45, 7) is 6.22. The van der Waals surface area contributed by atoms with Gasteiger partial charge in [0.2, 0.25) is 0 Å². The Balaban J connectivity index is 1.76. The number of benzene rings is 2. The summed E-state index contributed by atoms with van der Waals surface area (Å²) in [5.41, 5.74) is 0.304. The minimum absolute atomic E-state index is 0.116. The maximum absolute atomic E-state index is 14.0. The van der Waals surface area contributed by atoms with Gasteiger partial charge in [0.05, 0.1) is 28.6 Å². The zero-order chi connectivity index (χ0) is 25.2. The number of nitrogens with zero attached hydrogens (tertiary/aromatic N) is 2. The number of carbonyl (C=O) groups is 1. The number of pyridine rings is 1. The lowest BCUT2D eigenvalue weighted by atomic mass is 10.1. The van der Waals surface area contributed by atoms with E-state index in [1.54, 1.807) is 24.3 Å². The second-order valence-corrected chi connectivity index (χ2v) is 9.47. The van der Waals surface area contributed by atoms with E-state index in [1.807, 2.05) is 13.8 Å². The molecule has 4 aromatic rings. The van der Waals surface area contributed by atoms with Gasteiger partial charge in [0.25, 0.3) is 10.0 Å². The molecule has 10 heteroatoms. The van der Waals surface area contributed by atoms with Crippen LogP contribution in [0.2, 0.25) is 0 Å². The fourth-order valence-electron chi connectivity index (χ4n) is 3.92. The predicted molar refractivity (Wildman–Crippen MR) is 133 cm³/mol. The van der Waals surface area contributed by atoms with E-state index < -0.39 is 21.8 Å². The monoisotopic (exact) mass is 497 g/mol. The molecular weight excluding hydrogens is 473 g/mol. The van der Waals surface area contributed by atoms with E-state index in [1.165, 1.54) is 18.5 Å². The highest BCUT2D eigenvalue weighted by Crippen LogP contribution is 2.32. The molecule has 0 atom stereocenters. The molecule has 0 saturated carbocycles. The molecule has 35 heavy (non-hydrogen) atoms. The largest absolute Gasteiger partial charge is 0.478 e. The van der Waals surface area contributed by atoms with Crippen molar-refractivity contribution >= 4 is 49.6 Å². The Morgan fingerprint density at radius 2 is 1.94 bits per heavy atom. The van der Waals surface area contributed by atoms with E-state index in [2.05, 4.69) is 14.6 Å². The number of furan rings is 1. The molecule has 0 aliphatic rings. The first-order valence-electron chi connectivity index (χ1n) is 11.0. The third-order valence-electron chi connectivity index (χ3n) is 5.75. The Kier molecular flexibility index (Phi) is 6.86. The van der Waals surface area contributed by atoms with Crippen LogP contribution in [0.5, 0.6) is 0 Å². The van der Waals surface area contributed by atoms with Gasteiger partial charge >= 0.3 is 5.97 Å². The molecule has 2 aromatic heterocycles. The third-order valence-corrected chi connectivity index (χ3v) is 7.19. The third kappa shape index (κ3) is 4.89. The van der Waals surface area contributed by atoms with E-state index >= 15 is 0 Å². The van der Waals surface area contributed by atoms with Gasteiger partial charge in [-0.15, -0.1) is 0 Å². The quantitative estimate of drug-likeness (QED) is 0.336. The van der Waals surface area contributed by atoms with Crippen molar-refractivity contribution in [3.05, 3.63) is 71.9 Å². The average molecular weight is 498 g/mol. The Morgan fingerprint density at radius 1 is 1.17 bits per heavy atom. The number of anilines is 1. The van der Waals surface area contributed by atoms with E-state index in [9.17, 15) is 22.7 Å². The standard InChI is InChI=1S/C25H24FN3O5S/c1-3-29(4-2)12-5-6-16-14-17(26)7-10-22(16)35(32,33)28-20-9-8-19-18-11-13-34-21(18)15-27-24(19)23(20)25(30)31/h5-11,13-15,28H,3-4,12H2,1-2H3,(H,30,31). The SMILES string of the molecule is CCN(CC)CC=Cc1cc(F)ccc1S(=O)(=O)Nc1ccc2c(ncc3occc32)c1C(=O)O. The van der Waals surface area contributed by atoms with Gasteiger partial charge in [-0.05, 0) is 55.1 Å². The lowest BCUT2D eigenvalue weighted by Gasteiger charge is -2.16. The van der Waals surface area contributed by atoms with E-state index in [-0.39, 0.29) is 27.2 Å². The van der Waals surface area contributed by atoms with Gasteiger partial charge in [-0.2, -0.15) is 0 Å². The van der Waals surface area contributed by atoms with E-state index in [4.69, 9.17) is 4.42 Å². The second kappa shape index (κ2) is 9.85. The molecule has 0 spiro atoms. The summed E-state index contributed by atoms with van der Waals surface area (Å²) >= 11 is 0. The maximum Gasteiger partial charge on any atom is 0.340 e. The van der Waals surface area contributed by atoms with Crippen LogP contribution in [0.1, 0.15) is 29.8 Å². The summed E-state index contributed by atoms with van der Waals surface area (Å²) in [4.78, 5) is 18.3. The molecule has 0 aliphatic heterocycles. The Morgan fingerprint density at radius 3 is 2.66 bits per heavy atom. The number of sulfonamides is 1. The van der Waals surface area contributed by atoms with Gasteiger partial charge in [-0.3, -0.25) is 9.71 Å². The molecule has 2 aromatic carbocycles. The Hall–Kier alpha value is -3.76. The van der Waals surface area contributed by atoms with Crippen LogP contribution in [0.15, 0.2) is 64.2 Å². The van der Waals surface area contributed by atoms with Crippen LogP contribution in [0.4, 0.5) is 10.1 Å². The van der Waals surface area contributed by atoms with Gasteiger partial charge < -0.3 is 14.4 Å². The van der Waals surface area contributed by atoms with Gasteiger partial charge in [-0.25, -0.2) is 17.6 Å². The van der Waals surface area contributed by atoms with Crippen LogP contribution >= 0.6 is 0 Å². The normalized spacial score (nSPS) is 12.2. The first kappa shape index (κ1) is 24.4. The maximum atomic E-state index is 14.0. The number of aromatic carboxylic acids is 1. The topological polar surface area (TPSA) is 113 Å². The fourth-order valence-corrected chi connectivity index (χ4v) is 5.17. The summed E-state index contributed by atoms with van der Waals surface area (Å²) < 4.78 is 48.3. The number of hydrogen-bond donors (Lipinski definition) is 2. The summed E-state index contributed by atoms with van der Waals surface area (Å²) in [7, 11) is -4.27. The number of likely N-dealkylation sites (N-methyl/N-ethyl adjacent to an activating group) is 1. The minimum atomic E-state index is -4.27. The number of carboxylic acid groups (broad SMARTS) is 1. The molecule has 0 amide bonds. The molecule has 0 radical (unpaired) electrons. The molecule has 2 N–H and O–H groups in total. The molecule has 182 valence electrons. The number of fused-ring (bicyclic) bond motifs is 3. The molecule has 0 aliphatic carbocycles. The second-order valence-electron chi connectivity index (χ2n) is 7.82. The number of carboxylic acids is 1. The number of aromatic nitrogens is 1. The fraction of sp³-hybridized carbons (Fsp3) is 0.200. The van der Waals surface area contributed by atoms with Crippen molar-refractivity contribution in [2.45, 2.75) is 18.7 Å². The van der Waals surface area contributed by atoms with Crippen molar-refractivity contribution in [3.8, 4) is 0 Å². The molecule has 0 bridgehead atoms. The highest BCUT2D eigenvalue weighted by atomic mass is 32.2. The van der Waals surface area contributed by atoms with Gasteiger partial charge in [0, 0.05) is 17.3 Å². The Labute approximate surface area is 201 Å². The van der Waals surface area contributed by atoms with Crippen LogP contribution < -0.4 is 4.72 Å². The van der Waals surface area contributed by atoms with Crippen molar-refractivity contribution in [1.29, 1.82) is 0 Å². The van der Waals surface area contributed by atoms with Crippen LogP contribution in [-0.4, -0.2) is 49.0 Å². The predicted octanol–water partition coefficient (Wildman–Crippen LogP) is 4.97. The highest BCUT2D eigenvalue weighted by molar-refractivity contribution is 7.92. The number of rotatable bonds is 9. The first-order valence-corrected chi connectivity index (χ1v) is 12.5. The smallest absolute Gasteiger partial charge is 0.340 e. The van der Waals surface area contributed by atoms with Crippen molar-refractivity contribution in [2.24, 2.45) is 0 Å². The van der Waals surface area contributed by atoms with Crippen LogP contribution in [0.3, 0.4) is 0 Å².